The lowest BCUT2D eigenvalue weighted by atomic mass is 9.77. The number of hydrogen-bond acceptors (Lipinski definition) is 6. The summed E-state index contributed by atoms with van der Waals surface area (Å²) < 4.78 is 40.8. The van der Waals surface area contributed by atoms with Crippen LogP contribution in [0.4, 0.5) is 13.2 Å². The zero-order valence-electron chi connectivity index (χ0n) is 19.6. The number of nitrogens with one attached hydrogen (secondary N) is 2. The highest BCUT2D eigenvalue weighted by Gasteiger charge is 2.50. The van der Waals surface area contributed by atoms with Gasteiger partial charge in [-0.25, -0.2) is 18.2 Å². The molecule has 1 aromatic heterocycles. The topological polar surface area (TPSA) is 134 Å². The fourth-order valence-corrected chi connectivity index (χ4v) is 5.19. The van der Waals surface area contributed by atoms with E-state index in [4.69, 9.17) is 0 Å². The van der Waals surface area contributed by atoms with Crippen molar-refractivity contribution in [3.05, 3.63) is 57.5 Å². The van der Waals surface area contributed by atoms with Gasteiger partial charge in [0.1, 0.15) is 11.6 Å². The third kappa shape index (κ3) is 4.53. The highest BCUT2D eigenvalue weighted by molar-refractivity contribution is 6.35. The smallest absolute Gasteiger partial charge is 0.312 e. The number of rotatable bonds is 4. The van der Waals surface area contributed by atoms with Crippen LogP contribution in [0.15, 0.2) is 29.1 Å². The van der Waals surface area contributed by atoms with Crippen molar-refractivity contribution >= 4 is 17.7 Å². The van der Waals surface area contributed by atoms with Crippen molar-refractivity contribution in [2.45, 2.75) is 50.2 Å². The molecule has 2 aromatic rings. The fraction of sp³-hybridized carbons (Fsp3) is 0.458. The first-order chi connectivity index (χ1) is 17.5. The summed E-state index contributed by atoms with van der Waals surface area (Å²) in [6.07, 6.45) is 1.76. The van der Waals surface area contributed by atoms with Gasteiger partial charge in [0.15, 0.2) is 5.69 Å². The summed E-state index contributed by atoms with van der Waals surface area (Å²) in [5, 5.41) is 15.7. The van der Waals surface area contributed by atoms with Gasteiger partial charge >= 0.3 is 11.8 Å². The van der Waals surface area contributed by atoms with Gasteiger partial charge in [-0.15, -0.1) is 0 Å². The lowest BCUT2D eigenvalue weighted by molar-refractivity contribution is -0.171. The van der Waals surface area contributed by atoms with E-state index < -0.39 is 65.1 Å². The summed E-state index contributed by atoms with van der Waals surface area (Å²) in [4.78, 5) is 56.3. The van der Waals surface area contributed by atoms with E-state index in [-0.39, 0.29) is 24.8 Å². The molecule has 13 heteroatoms. The van der Waals surface area contributed by atoms with E-state index in [9.17, 15) is 37.5 Å². The van der Waals surface area contributed by atoms with Gasteiger partial charge in [-0.1, -0.05) is 12.1 Å². The van der Waals surface area contributed by atoms with Crippen LogP contribution in [0.5, 0.6) is 5.75 Å². The number of fused-ring (bicyclic) bond motifs is 2. The molecule has 1 aromatic carbocycles. The normalized spacial score (nSPS) is 23.4. The van der Waals surface area contributed by atoms with Crippen molar-refractivity contribution in [3.8, 4) is 5.75 Å². The van der Waals surface area contributed by atoms with Crippen molar-refractivity contribution in [1.29, 1.82) is 0 Å². The van der Waals surface area contributed by atoms with Crippen LogP contribution in [0.2, 0.25) is 0 Å². The molecule has 37 heavy (non-hydrogen) atoms. The van der Waals surface area contributed by atoms with E-state index in [1.165, 1.54) is 28.8 Å². The van der Waals surface area contributed by atoms with Crippen molar-refractivity contribution < 1.29 is 32.7 Å². The highest BCUT2D eigenvalue weighted by Crippen LogP contribution is 2.43. The maximum absolute atomic E-state index is 13.2. The molecule has 2 fully saturated rings. The minimum Gasteiger partial charge on any atom is -0.501 e. The Bertz CT molecular complexity index is 1330. The van der Waals surface area contributed by atoms with Gasteiger partial charge in [0.25, 0.3) is 17.4 Å². The lowest BCUT2D eigenvalue weighted by Gasteiger charge is -2.40. The van der Waals surface area contributed by atoms with Gasteiger partial charge in [0, 0.05) is 13.1 Å². The zero-order valence-corrected chi connectivity index (χ0v) is 19.6. The van der Waals surface area contributed by atoms with E-state index in [0.29, 0.717) is 31.2 Å². The van der Waals surface area contributed by atoms with Crippen molar-refractivity contribution in [2.24, 2.45) is 5.92 Å². The summed E-state index contributed by atoms with van der Waals surface area (Å²) in [7, 11) is 0. The minimum absolute atomic E-state index is 0.0253. The molecular formula is C24H24F3N5O5. The summed E-state index contributed by atoms with van der Waals surface area (Å²) in [5.41, 5.74) is -2.14. The van der Waals surface area contributed by atoms with Gasteiger partial charge in [0.2, 0.25) is 5.75 Å². The van der Waals surface area contributed by atoms with Crippen LogP contribution in [-0.2, 0) is 28.2 Å². The first-order valence-electron chi connectivity index (χ1n) is 11.8. The molecule has 3 N–H and O–H groups in total. The molecule has 4 heterocycles. The second-order valence-corrected chi connectivity index (χ2v) is 9.85. The molecule has 4 aliphatic rings. The molecule has 0 radical (unpaired) electrons. The quantitative estimate of drug-likeness (QED) is 0.517. The van der Waals surface area contributed by atoms with Crippen molar-refractivity contribution in [2.75, 3.05) is 13.1 Å². The van der Waals surface area contributed by atoms with Crippen LogP contribution in [0.3, 0.4) is 0 Å². The maximum atomic E-state index is 13.2. The van der Waals surface area contributed by atoms with Gasteiger partial charge in [-0.05, 0) is 49.3 Å². The first kappa shape index (κ1) is 24.8. The summed E-state index contributed by atoms with van der Waals surface area (Å²) in [6, 6.07) is 5.36. The number of nitrogens with zero attached hydrogens (tertiary/aromatic N) is 3. The number of likely N-dealkylation sites (tertiary alicyclic amines) is 1. The molecule has 196 valence electrons. The second-order valence-electron chi connectivity index (χ2n) is 9.85. The molecule has 0 unspecified atom stereocenters. The number of alkyl halides is 2. The van der Waals surface area contributed by atoms with Crippen LogP contribution >= 0.6 is 0 Å². The van der Waals surface area contributed by atoms with Crippen LogP contribution in [0.1, 0.15) is 47.6 Å². The number of aromatic nitrogens is 2. The molecule has 2 bridgehead atoms. The van der Waals surface area contributed by atoms with E-state index in [0.717, 1.165) is 4.90 Å². The summed E-state index contributed by atoms with van der Waals surface area (Å²) >= 11 is 0. The van der Waals surface area contributed by atoms with E-state index in [2.05, 4.69) is 15.6 Å². The van der Waals surface area contributed by atoms with Crippen LogP contribution in [0.25, 0.3) is 0 Å². The Kier molecular flexibility index (Phi) is 5.95. The van der Waals surface area contributed by atoms with Gasteiger partial charge < -0.3 is 20.6 Å². The molecule has 3 aliphatic heterocycles. The number of amides is 3. The van der Waals surface area contributed by atoms with Gasteiger partial charge in [-0.2, -0.15) is 0 Å². The predicted molar refractivity (Wildman–Crippen MR) is 121 cm³/mol. The summed E-state index contributed by atoms with van der Waals surface area (Å²) in [6.45, 7) is -1.53. The maximum Gasteiger partial charge on any atom is 0.312 e. The Morgan fingerprint density at radius 2 is 1.76 bits per heavy atom. The number of benzene rings is 1. The van der Waals surface area contributed by atoms with E-state index >= 15 is 0 Å². The molecule has 1 aliphatic carbocycles. The molecule has 0 atom stereocenters. The van der Waals surface area contributed by atoms with Crippen LogP contribution < -0.4 is 16.2 Å². The average molecular weight is 519 g/mol. The Morgan fingerprint density at radius 1 is 1.11 bits per heavy atom. The van der Waals surface area contributed by atoms with E-state index in [1.54, 1.807) is 0 Å². The largest absolute Gasteiger partial charge is 0.501 e. The van der Waals surface area contributed by atoms with Crippen LogP contribution in [0, 0.1) is 11.7 Å². The monoisotopic (exact) mass is 519 g/mol. The molecule has 6 rings (SSSR count). The Morgan fingerprint density at radius 3 is 2.38 bits per heavy atom. The Labute approximate surface area is 208 Å². The fourth-order valence-electron chi connectivity index (χ4n) is 5.19. The SMILES string of the molecule is O=C(NC12CCC(CC1)Cn1c2nc(C(=O)NCc2ccc(F)cc2)c(O)c1=O)C(=O)N1CC(F)(F)C1. The molecule has 3 amide bonds. The number of halogens is 3. The first-order valence-corrected chi connectivity index (χ1v) is 11.8. The Balaban J connectivity index is 1.44. The highest BCUT2D eigenvalue weighted by atomic mass is 19.3. The van der Waals surface area contributed by atoms with Crippen molar-refractivity contribution in [1.82, 2.24) is 25.1 Å². The van der Waals surface area contributed by atoms with E-state index in [1.807, 2.05) is 0 Å². The number of aromatic hydroxyl groups is 1. The molecule has 1 saturated carbocycles. The third-order valence-corrected chi connectivity index (χ3v) is 7.23. The van der Waals surface area contributed by atoms with Crippen LogP contribution in [-0.4, -0.2) is 56.3 Å². The zero-order chi connectivity index (χ0) is 26.5. The number of hydrogen-bond donors (Lipinski definition) is 3. The number of carbonyl (C=O) groups excluding carboxylic acids is 3. The summed E-state index contributed by atoms with van der Waals surface area (Å²) in [5.74, 6) is -7.35. The third-order valence-electron chi connectivity index (χ3n) is 7.23. The molecule has 10 nitrogen and oxygen atoms in total. The van der Waals surface area contributed by atoms with Crippen molar-refractivity contribution in [3.63, 3.8) is 0 Å². The molecule has 0 spiro atoms. The lowest BCUT2D eigenvalue weighted by Crippen LogP contribution is -2.63. The average Bonchev–Trinajstić information content (AvgIpc) is 3.09. The standard InChI is InChI=1S/C24H24F3N5O5/c25-15-3-1-13(2-4-15)9-28-18(34)16-17(33)20(36)32-10-14-5-7-23(8-6-14,22(32)29-16)30-19(35)21(37)31-11-24(26,27)12-31/h1-4,14,33H,5-12H2,(H,28,34)(H,30,35). The number of carbonyl (C=O) groups is 3. The minimum atomic E-state index is -3.04. The Hall–Kier alpha value is -3.90. The molecule has 1 saturated heterocycles. The van der Waals surface area contributed by atoms with Gasteiger partial charge in [-0.3, -0.25) is 23.7 Å². The second kappa shape index (κ2) is 8.89. The molecular weight excluding hydrogens is 495 g/mol. The van der Waals surface area contributed by atoms with Gasteiger partial charge in [0.05, 0.1) is 18.6 Å². The predicted octanol–water partition coefficient (Wildman–Crippen LogP) is 1.01.